The van der Waals surface area contributed by atoms with Gasteiger partial charge < -0.3 is 20.1 Å². The van der Waals surface area contributed by atoms with Crippen molar-refractivity contribution in [1.82, 2.24) is 10.6 Å². The molecule has 1 amide bonds. The first-order chi connectivity index (χ1) is 10.4. The number of carbonyl (C=O) groups excluding carboxylic acids is 1. The van der Waals surface area contributed by atoms with Crippen molar-refractivity contribution in [2.45, 2.75) is 18.8 Å². The monoisotopic (exact) mass is 354 g/mol. The Morgan fingerprint density at radius 3 is 2.61 bits per heavy atom. The zero-order valence-electron chi connectivity index (χ0n) is 12.2. The molecule has 1 unspecified atom stereocenters. The van der Waals surface area contributed by atoms with Crippen LogP contribution in [0.5, 0.6) is 5.75 Å². The number of alkyl halides is 3. The molecule has 130 valence electrons. The standard InChI is InChI=1S/C14H17F3N2O3.ClH/c15-14(16,17)9-22-11-3-1-10(2-4-11)7-19-13(20)12-8-21-6-5-18-12;/h1-4,12,18H,5-9H2,(H,19,20);1H. The maximum atomic E-state index is 12.0. The summed E-state index contributed by atoms with van der Waals surface area (Å²) in [4.78, 5) is 11.8. The van der Waals surface area contributed by atoms with Gasteiger partial charge in [-0.15, -0.1) is 12.4 Å². The zero-order chi connectivity index (χ0) is 16.0. The Balaban J connectivity index is 0.00000264. The molecule has 0 aromatic heterocycles. The Morgan fingerprint density at radius 2 is 2.04 bits per heavy atom. The van der Waals surface area contributed by atoms with E-state index in [2.05, 4.69) is 15.4 Å². The molecule has 2 N–H and O–H groups in total. The van der Waals surface area contributed by atoms with Crippen molar-refractivity contribution in [1.29, 1.82) is 0 Å². The van der Waals surface area contributed by atoms with Crippen molar-refractivity contribution in [2.24, 2.45) is 0 Å². The van der Waals surface area contributed by atoms with Gasteiger partial charge in [0.2, 0.25) is 5.91 Å². The normalized spacial score (nSPS) is 18.0. The fourth-order valence-electron chi connectivity index (χ4n) is 1.91. The number of nitrogens with one attached hydrogen (secondary N) is 2. The second kappa shape index (κ2) is 8.95. The first kappa shape index (κ1) is 19.5. The summed E-state index contributed by atoms with van der Waals surface area (Å²) < 4.78 is 45.9. The molecule has 0 radical (unpaired) electrons. The predicted molar refractivity (Wildman–Crippen MR) is 79.7 cm³/mol. The largest absolute Gasteiger partial charge is 0.484 e. The molecule has 23 heavy (non-hydrogen) atoms. The molecule has 1 aromatic rings. The van der Waals surface area contributed by atoms with Crippen LogP contribution in [0.1, 0.15) is 5.56 Å². The Kier molecular flexibility index (Phi) is 7.60. The van der Waals surface area contributed by atoms with E-state index in [-0.39, 0.29) is 36.7 Å². The van der Waals surface area contributed by atoms with Gasteiger partial charge in [0.15, 0.2) is 6.61 Å². The summed E-state index contributed by atoms with van der Waals surface area (Å²) in [5, 5.41) is 5.77. The number of rotatable bonds is 5. The van der Waals surface area contributed by atoms with Gasteiger partial charge in [-0.05, 0) is 17.7 Å². The highest BCUT2D eigenvalue weighted by Crippen LogP contribution is 2.18. The van der Waals surface area contributed by atoms with Gasteiger partial charge in [-0.1, -0.05) is 12.1 Å². The summed E-state index contributed by atoms with van der Waals surface area (Å²) in [5.74, 6) is -0.0353. The summed E-state index contributed by atoms with van der Waals surface area (Å²) in [7, 11) is 0. The van der Waals surface area contributed by atoms with Gasteiger partial charge in [0.05, 0.1) is 13.2 Å². The molecular formula is C14H18ClF3N2O3. The molecule has 1 saturated heterocycles. The van der Waals surface area contributed by atoms with Crippen molar-refractivity contribution in [3.63, 3.8) is 0 Å². The molecule has 1 atom stereocenters. The molecule has 1 heterocycles. The number of halogens is 4. The highest BCUT2D eigenvalue weighted by molar-refractivity contribution is 5.85. The van der Waals surface area contributed by atoms with Crippen LogP contribution >= 0.6 is 12.4 Å². The minimum absolute atomic E-state index is 0. The van der Waals surface area contributed by atoms with E-state index < -0.39 is 12.8 Å². The number of amides is 1. The van der Waals surface area contributed by atoms with Crippen molar-refractivity contribution in [3.05, 3.63) is 29.8 Å². The molecular weight excluding hydrogens is 337 g/mol. The number of carbonyl (C=O) groups is 1. The van der Waals surface area contributed by atoms with Gasteiger partial charge in [-0.3, -0.25) is 4.79 Å². The van der Waals surface area contributed by atoms with Gasteiger partial charge in [0, 0.05) is 13.1 Å². The Morgan fingerprint density at radius 1 is 1.35 bits per heavy atom. The number of morpholine rings is 1. The second-order valence-corrected chi connectivity index (χ2v) is 4.85. The number of benzene rings is 1. The van der Waals surface area contributed by atoms with E-state index in [1.165, 1.54) is 12.1 Å². The molecule has 1 aliphatic heterocycles. The predicted octanol–water partition coefficient (Wildman–Crippen LogP) is 1.65. The molecule has 0 bridgehead atoms. The molecule has 9 heteroatoms. The number of hydrogen-bond donors (Lipinski definition) is 2. The lowest BCUT2D eigenvalue weighted by molar-refractivity contribution is -0.153. The summed E-state index contributed by atoms with van der Waals surface area (Å²) in [6.07, 6.45) is -4.36. The number of hydrogen-bond acceptors (Lipinski definition) is 4. The SMILES string of the molecule is Cl.O=C(NCc1ccc(OCC(F)(F)F)cc1)C1COCCN1. The molecule has 0 aliphatic carbocycles. The average Bonchev–Trinajstić information content (AvgIpc) is 2.52. The maximum Gasteiger partial charge on any atom is 0.422 e. The molecule has 0 spiro atoms. The van der Waals surface area contributed by atoms with Crippen LogP contribution in [-0.4, -0.2) is 44.5 Å². The van der Waals surface area contributed by atoms with E-state index in [4.69, 9.17) is 4.74 Å². The van der Waals surface area contributed by atoms with E-state index in [1.54, 1.807) is 12.1 Å². The van der Waals surface area contributed by atoms with Crippen LogP contribution in [0.25, 0.3) is 0 Å². The molecule has 1 aromatic carbocycles. The third-order valence-electron chi connectivity index (χ3n) is 3.03. The molecule has 2 rings (SSSR count). The van der Waals surface area contributed by atoms with E-state index in [1.807, 2.05) is 0 Å². The van der Waals surface area contributed by atoms with Crippen LogP contribution in [-0.2, 0) is 16.1 Å². The smallest absolute Gasteiger partial charge is 0.422 e. The average molecular weight is 355 g/mol. The second-order valence-electron chi connectivity index (χ2n) is 4.85. The molecule has 0 saturated carbocycles. The van der Waals surface area contributed by atoms with Crippen molar-refractivity contribution < 1.29 is 27.4 Å². The quantitative estimate of drug-likeness (QED) is 0.844. The summed E-state index contributed by atoms with van der Waals surface area (Å²) >= 11 is 0. The third kappa shape index (κ3) is 7.06. The third-order valence-corrected chi connectivity index (χ3v) is 3.03. The number of ether oxygens (including phenoxy) is 2. The molecule has 5 nitrogen and oxygen atoms in total. The first-order valence-corrected chi connectivity index (χ1v) is 6.81. The van der Waals surface area contributed by atoms with Crippen LogP contribution in [0.3, 0.4) is 0 Å². The lowest BCUT2D eigenvalue weighted by Gasteiger charge is -2.22. The van der Waals surface area contributed by atoms with Crippen LogP contribution in [0.2, 0.25) is 0 Å². The van der Waals surface area contributed by atoms with E-state index in [0.29, 0.717) is 19.8 Å². The van der Waals surface area contributed by atoms with Crippen molar-refractivity contribution in [2.75, 3.05) is 26.4 Å². The van der Waals surface area contributed by atoms with Crippen LogP contribution in [0.4, 0.5) is 13.2 Å². The van der Waals surface area contributed by atoms with Gasteiger partial charge in [-0.2, -0.15) is 13.2 Å². The van der Waals surface area contributed by atoms with Crippen LogP contribution < -0.4 is 15.4 Å². The summed E-state index contributed by atoms with van der Waals surface area (Å²) in [6.45, 7) is 0.509. The lowest BCUT2D eigenvalue weighted by Crippen LogP contribution is -2.51. The maximum absolute atomic E-state index is 12.0. The zero-order valence-corrected chi connectivity index (χ0v) is 13.0. The lowest BCUT2D eigenvalue weighted by atomic mass is 10.2. The van der Waals surface area contributed by atoms with Gasteiger partial charge >= 0.3 is 6.18 Å². The van der Waals surface area contributed by atoms with Crippen LogP contribution in [0, 0.1) is 0 Å². The van der Waals surface area contributed by atoms with Crippen molar-refractivity contribution in [3.8, 4) is 5.75 Å². The van der Waals surface area contributed by atoms with Gasteiger partial charge in [0.1, 0.15) is 11.8 Å². The minimum Gasteiger partial charge on any atom is -0.484 e. The Hall–Kier alpha value is -1.51. The summed E-state index contributed by atoms with van der Waals surface area (Å²) in [5.41, 5.74) is 0.768. The minimum atomic E-state index is -4.36. The first-order valence-electron chi connectivity index (χ1n) is 6.81. The Bertz CT molecular complexity index is 491. The highest BCUT2D eigenvalue weighted by atomic mass is 35.5. The van der Waals surface area contributed by atoms with Crippen molar-refractivity contribution >= 4 is 18.3 Å². The Labute approximate surface area is 137 Å². The fraction of sp³-hybridized carbons (Fsp3) is 0.500. The van der Waals surface area contributed by atoms with E-state index in [9.17, 15) is 18.0 Å². The fourth-order valence-corrected chi connectivity index (χ4v) is 1.91. The molecule has 1 aliphatic rings. The van der Waals surface area contributed by atoms with E-state index >= 15 is 0 Å². The topological polar surface area (TPSA) is 59.6 Å². The van der Waals surface area contributed by atoms with E-state index in [0.717, 1.165) is 5.56 Å². The molecule has 1 fully saturated rings. The van der Waals surface area contributed by atoms with Gasteiger partial charge in [-0.25, -0.2) is 0 Å². The highest BCUT2D eigenvalue weighted by Gasteiger charge is 2.28. The van der Waals surface area contributed by atoms with Crippen LogP contribution in [0.15, 0.2) is 24.3 Å². The van der Waals surface area contributed by atoms with Gasteiger partial charge in [0.25, 0.3) is 0 Å². The summed E-state index contributed by atoms with van der Waals surface area (Å²) in [6, 6.07) is 5.72.